The number of ether oxygens (including phenoxy) is 1. The zero-order valence-corrected chi connectivity index (χ0v) is 19.8. The van der Waals surface area contributed by atoms with Crippen LogP contribution in [0.2, 0.25) is 0 Å². The predicted molar refractivity (Wildman–Crippen MR) is 137 cm³/mol. The van der Waals surface area contributed by atoms with Gasteiger partial charge in [0.05, 0.1) is 24.8 Å². The van der Waals surface area contributed by atoms with Gasteiger partial charge in [-0.25, -0.2) is 19.6 Å². The van der Waals surface area contributed by atoms with E-state index in [9.17, 15) is 0 Å². The smallest absolute Gasteiger partial charge is 0.238 e. The number of aromatic nitrogens is 6. The normalized spacial score (nSPS) is 15.5. The Balaban J connectivity index is 1.30. The Morgan fingerprint density at radius 3 is 2.74 bits per heavy atom. The maximum atomic E-state index is 5.54. The van der Waals surface area contributed by atoms with Gasteiger partial charge in [0, 0.05) is 18.7 Å². The van der Waals surface area contributed by atoms with E-state index in [1.807, 2.05) is 42.0 Å². The van der Waals surface area contributed by atoms with Gasteiger partial charge >= 0.3 is 0 Å². The van der Waals surface area contributed by atoms with Crippen LogP contribution in [0.25, 0.3) is 28.6 Å². The van der Waals surface area contributed by atoms with Crippen LogP contribution in [-0.4, -0.2) is 36.4 Å². The monoisotopic (exact) mass is 462 g/mol. The molecule has 7 nitrogen and oxygen atoms in total. The highest BCUT2D eigenvalue weighted by atomic mass is 16.5. The number of pyridine rings is 1. The van der Waals surface area contributed by atoms with Crippen LogP contribution in [0.3, 0.4) is 0 Å². The summed E-state index contributed by atoms with van der Waals surface area (Å²) in [7, 11) is 1.63. The molecule has 0 saturated carbocycles. The number of hydrogen-bond acceptors (Lipinski definition) is 5. The summed E-state index contributed by atoms with van der Waals surface area (Å²) in [5, 5.41) is 7.33. The number of nitrogens with zero attached hydrogens (tertiary/aromatic N) is 6. The SMILES string of the molecule is COc1nc(/C=C/c2nc3n(n2)CCCC3c2cccc3ccccc23)ccc1-n1cnc(C)c1. The molecule has 0 N–H and O–H groups in total. The molecule has 2 aromatic carbocycles. The number of imidazole rings is 1. The van der Waals surface area contributed by atoms with E-state index in [0.717, 1.165) is 42.3 Å². The molecule has 0 spiro atoms. The third-order valence-electron chi connectivity index (χ3n) is 6.54. The number of rotatable bonds is 5. The molecule has 0 amide bonds. The van der Waals surface area contributed by atoms with Gasteiger partial charge < -0.3 is 9.30 Å². The molecular weight excluding hydrogens is 436 g/mol. The van der Waals surface area contributed by atoms with Crippen LogP contribution in [-0.2, 0) is 6.54 Å². The molecule has 0 aliphatic carbocycles. The molecule has 3 aromatic heterocycles. The van der Waals surface area contributed by atoms with Crippen molar-refractivity contribution in [2.24, 2.45) is 0 Å². The second-order valence-corrected chi connectivity index (χ2v) is 8.83. The van der Waals surface area contributed by atoms with E-state index in [1.165, 1.54) is 16.3 Å². The Labute approximate surface area is 203 Å². The highest BCUT2D eigenvalue weighted by Crippen LogP contribution is 2.36. The van der Waals surface area contributed by atoms with Crippen LogP contribution in [0.5, 0.6) is 5.88 Å². The first-order chi connectivity index (χ1) is 17.2. The molecule has 1 atom stereocenters. The minimum atomic E-state index is 0.237. The van der Waals surface area contributed by atoms with E-state index >= 15 is 0 Å². The lowest BCUT2D eigenvalue weighted by molar-refractivity contribution is 0.395. The summed E-state index contributed by atoms with van der Waals surface area (Å²) < 4.78 is 9.51. The molecule has 5 aromatic rings. The highest BCUT2D eigenvalue weighted by molar-refractivity contribution is 5.86. The van der Waals surface area contributed by atoms with Crippen LogP contribution in [0.4, 0.5) is 0 Å². The van der Waals surface area contributed by atoms with Crippen LogP contribution in [0.1, 0.15) is 47.4 Å². The van der Waals surface area contributed by atoms with E-state index in [2.05, 4.69) is 57.1 Å². The van der Waals surface area contributed by atoms with Crippen molar-refractivity contribution >= 4 is 22.9 Å². The van der Waals surface area contributed by atoms with Gasteiger partial charge in [-0.15, -0.1) is 0 Å². The van der Waals surface area contributed by atoms with Crippen molar-refractivity contribution in [1.82, 2.24) is 29.3 Å². The number of benzene rings is 2. The molecular formula is C28H26N6O. The fraction of sp³-hybridized carbons (Fsp3) is 0.214. The van der Waals surface area contributed by atoms with Gasteiger partial charge in [0.15, 0.2) is 5.82 Å². The Hall–Kier alpha value is -4.26. The molecule has 0 fully saturated rings. The van der Waals surface area contributed by atoms with E-state index in [-0.39, 0.29) is 5.92 Å². The van der Waals surface area contributed by atoms with E-state index in [4.69, 9.17) is 14.8 Å². The summed E-state index contributed by atoms with van der Waals surface area (Å²) in [5.74, 6) is 2.50. The summed E-state index contributed by atoms with van der Waals surface area (Å²) in [6.07, 6.45) is 9.72. The minimum Gasteiger partial charge on any atom is -0.479 e. The zero-order chi connectivity index (χ0) is 23.8. The first kappa shape index (κ1) is 21.3. The molecule has 1 aliphatic rings. The third-order valence-corrected chi connectivity index (χ3v) is 6.54. The van der Waals surface area contributed by atoms with Crippen molar-refractivity contribution in [2.45, 2.75) is 32.2 Å². The van der Waals surface area contributed by atoms with E-state index in [1.54, 1.807) is 13.4 Å². The second kappa shape index (κ2) is 8.83. The van der Waals surface area contributed by atoms with Gasteiger partial charge in [-0.3, -0.25) is 0 Å². The quantitative estimate of drug-likeness (QED) is 0.349. The summed E-state index contributed by atoms with van der Waals surface area (Å²) >= 11 is 0. The summed E-state index contributed by atoms with van der Waals surface area (Å²) in [6, 6.07) is 19.0. The Morgan fingerprint density at radius 1 is 1.00 bits per heavy atom. The molecule has 7 heteroatoms. The van der Waals surface area contributed by atoms with Gasteiger partial charge in [-0.05, 0) is 60.4 Å². The van der Waals surface area contributed by atoms with Crippen molar-refractivity contribution in [3.8, 4) is 11.6 Å². The van der Waals surface area contributed by atoms with Crippen molar-refractivity contribution in [1.29, 1.82) is 0 Å². The number of aryl methyl sites for hydroxylation is 2. The topological polar surface area (TPSA) is 70.7 Å². The van der Waals surface area contributed by atoms with Crippen LogP contribution in [0, 0.1) is 6.92 Å². The molecule has 0 radical (unpaired) electrons. The average molecular weight is 463 g/mol. The highest BCUT2D eigenvalue weighted by Gasteiger charge is 2.26. The molecule has 6 rings (SSSR count). The lowest BCUT2D eigenvalue weighted by Gasteiger charge is -2.23. The first-order valence-corrected chi connectivity index (χ1v) is 11.9. The molecule has 4 heterocycles. The molecule has 1 aliphatic heterocycles. The van der Waals surface area contributed by atoms with Crippen LogP contribution in [0.15, 0.2) is 67.1 Å². The van der Waals surface area contributed by atoms with Gasteiger partial charge in [0.25, 0.3) is 0 Å². The second-order valence-electron chi connectivity index (χ2n) is 8.83. The zero-order valence-electron chi connectivity index (χ0n) is 19.8. The predicted octanol–water partition coefficient (Wildman–Crippen LogP) is 5.43. The first-order valence-electron chi connectivity index (χ1n) is 11.9. The third kappa shape index (κ3) is 3.99. The summed E-state index contributed by atoms with van der Waals surface area (Å²) in [6.45, 7) is 2.85. The summed E-state index contributed by atoms with van der Waals surface area (Å²) in [5.41, 5.74) is 3.89. The Kier molecular flexibility index (Phi) is 5.37. The van der Waals surface area contributed by atoms with Gasteiger partial charge in [0.1, 0.15) is 11.5 Å². The van der Waals surface area contributed by atoms with Gasteiger partial charge in [-0.2, -0.15) is 5.10 Å². The largest absolute Gasteiger partial charge is 0.479 e. The molecule has 1 unspecified atom stereocenters. The Morgan fingerprint density at radius 2 is 1.89 bits per heavy atom. The average Bonchev–Trinajstić information content (AvgIpc) is 3.52. The Bertz CT molecular complexity index is 1540. The molecule has 174 valence electrons. The number of methoxy groups -OCH3 is 1. The van der Waals surface area contributed by atoms with Crippen LogP contribution < -0.4 is 4.74 Å². The van der Waals surface area contributed by atoms with Gasteiger partial charge in [-0.1, -0.05) is 42.5 Å². The number of fused-ring (bicyclic) bond motifs is 2. The van der Waals surface area contributed by atoms with Gasteiger partial charge in [0.2, 0.25) is 5.88 Å². The standard InChI is InChI=1S/C28H26N6O/c1-19-17-33(18-29-19)25-14-12-21(30-28(25)35-2)13-15-26-31-27-24(11-6-16-34(27)32-26)23-10-5-8-20-7-3-4-9-22(20)23/h3-5,7-10,12-15,17-18,24H,6,11,16H2,1-2H3/b15-13+. The number of hydrogen-bond donors (Lipinski definition) is 0. The van der Waals surface area contributed by atoms with Crippen molar-refractivity contribution < 1.29 is 4.74 Å². The van der Waals surface area contributed by atoms with E-state index < -0.39 is 0 Å². The minimum absolute atomic E-state index is 0.237. The molecule has 35 heavy (non-hydrogen) atoms. The van der Waals surface area contributed by atoms with Crippen molar-refractivity contribution in [3.63, 3.8) is 0 Å². The van der Waals surface area contributed by atoms with Crippen molar-refractivity contribution in [3.05, 3.63) is 95.7 Å². The van der Waals surface area contributed by atoms with E-state index in [0.29, 0.717) is 11.7 Å². The fourth-order valence-electron chi connectivity index (χ4n) is 4.89. The fourth-order valence-corrected chi connectivity index (χ4v) is 4.89. The molecule has 0 saturated heterocycles. The lowest BCUT2D eigenvalue weighted by Crippen LogP contribution is -2.18. The maximum absolute atomic E-state index is 5.54. The summed E-state index contributed by atoms with van der Waals surface area (Å²) in [4.78, 5) is 13.9. The van der Waals surface area contributed by atoms with Crippen LogP contribution >= 0.6 is 0 Å². The maximum Gasteiger partial charge on any atom is 0.238 e. The lowest BCUT2D eigenvalue weighted by atomic mass is 9.88. The van der Waals surface area contributed by atoms with Crippen molar-refractivity contribution in [2.75, 3.05) is 7.11 Å². The molecule has 0 bridgehead atoms.